The molecule has 0 aromatic heterocycles. The fourth-order valence-corrected chi connectivity index (χ4v) is 2.58. The van der Waals surface area contributed by atoms with E-state index in [1.807, 2.05) is 7.05 Å². The average Bonchev–Trinajstić information content (AvgIpc) is 2.42. The van der Waals surface area contributed by atoms with Crippen LogP contribution in [0, 0.1) is 5.82 Å². The number of aliphatic hydroxyl groups is 1. The Morgan fingerprint density at radius 1 is 1.30 bits per heavy atom. The van der Waals surface area contributed by atoms with Crippen LogP contribution in [0.1, 0.15) is 5.56 Å². The van der Waals surface area contributed by atoms with Gasteiger partial charge in [-0.25, -0.2) is 4.39 Å². The Morgan fingerprint density at radius 2 is 1.95 bits per heavy atom. The van der Waals surface area contributed by atoms with E-state index in [1.54, 1.807) is 12.1 Å². The van der Waals surface area contributed by atoms with Gasteiger partial charge in [0.05, 0.1) is 6.10 Å². The second-order valence-corrected chi connectivity index (χ2v) is 5.53. The molecule has 2 rings (SSSR count). The summed E-state index contributed by atoms with van der Waals surface area (Å²) in [6, 6.07) is 6.52. The molecule has 4 nitrogen and oxygen atoms in total. The lowest BCUT2D eigenvalue weighted by molar-refractivity contribution is 0.0752. The molecule has 5 heteroatoms. The van der Waals surface area contributed by atoms with Crippen LogP contribution in [-0.2, 0) is 6.54 Å². The van der Waals surface area contributed by atoms with Crippen molar-refractivity contribution in [1.29, 1.82) is 0 Å². The normalized spacial score (nSPS) is 18.4. The van der Waals surface area contributed by atoms with Crippen LogP contribution < -0.4 is 5.32 Å². The first-order chi connectivity index (χ1) is 9.63. The quantitative estimate of drug-likeness (QED) is 0.797. The fraction of sp³-hybridized carbons (Fsp3) is 0.600. The van der Waals surface area contributed by atoms with E-state index in [0.29, 0.717) is 6.54 Å². The average molecular weight is 281 g/mol. The van der Waals surface area contributed by atoms with E-state index in [1.165, 1.54) is 12.1 Å². The second kappa shape index (κ2) is 7.69. The third-order valence-electron chi connectivity index (χ3n) is 3.57. The predicted molar refractivity (Wildman–Crippen MR) is 78.1 cm³/mol. The van der Waals surface area contributed by atoms with Gasteiger partial charge in [-0.3, -0.25) is 9.80 Å². The summed E-state index contributed by atoms with van der Waals surface area (Å²) in [5.41, 5.74) is 1.06. The molecule has 1 heterocycles. The third kappa shape index (κ3) is 5.17. The largest absolute Gasteiger partial charge is 0.390 e. The minimum atomic E-state index is -0.349. The lowest BCUT2D eigenvalue weighted by Crippen LogP contribution is -2.47. The van der Waals surface area contributed by atoms with Gasteiger partial charge in [-0.1, -0.05) is 12.1 Å². The van der Waals surface area contributed by atoms with Gasteiger partial charge in [0.2, 0.25) is 0 Å². The Kier molecular flexibility index (Phi) is 5.91. The molecule has 0 radical (unpaired) electrons. The number of aliphatic hydroxyl groups excluding tert-OH is 1. The van der Waals surface area contributed by atoms with Crippen molar-refractivity contribution in [2.24, 2.45) is 0 Å². The summed E-state index contributed by atoms with van der Waals surface area (Å²) in [6.45, 7) is 6.06. The van der Waals surface area contributed by atoms with Crippen LogP contribution in [0.2, 0.25) is 0 Å². The topological polar surface area (TPSA) is 38.7 Å². The van der Waals surface area contributed by atoms with Gasteiger partial charge < -0.3 is 10.4 Å². The number of halogens is 1. The van der Waals surface area contributed by atoms with Gasteiger partial charge in [0.15, 0.2) is 0 Å². The van der Waals surface area contributed by atoms with Crippen molar-refractivity contribution < 1.29 is 9.50 Å². The molecule has 2 N–H and O–H groups in total. The molecule has 1 aromatic rings. The van der Waals surface area contributed by atoms with Crippen LogP contribution in [0.15, 0.2) is 24.3 Å². The first kappa shape index (κ1) is 15.4. The minimum Gasteiger partial charge on any atom is -0.390 e. The van der Waals surface area contributed by atoms with Crippen molar-refractivity contribution in [2.45, 2.75) is 12.6 Å². The lowest BCUT2D eigenvalue weighted by Gasteiger charge is -2.30. The Balaban J connectivity index is 1.72. The molecule has 1 saturated heterocycles. The molecule has 1 atom stereocenters. The van der Waals surface area contributed by atoms with Gasteiger partial charge in [0.1, 0.15) is 5.82 Å². The Bertz CT molecular complexity index is 393. The molecule has 1 aliphatic rings. The Morgan fingerprint density at radius 3 is 2.60 bits per heavy atom. The standard InChI is InChI=1S/C15H24FN3O/c1-18(10-13-2-4-14(16)5-3-13)11-15(20)12-19-8-6-17-7-9-19/h2-5,15,17,20H,6-12H2,1H3. The minimum absolute atomic E-state index is 0.213. The lowest BCUT2D eigenvalue weighted by atomic mass is 10.2. The molecule has 0 bridgehead atoms. The first-order valence-electron chi connectivity index (χ1n) is 7.17. The van der Waals surface area contributed by atoms with Crippen LogP contribution in [0.5, 0.6) is 0 Å². The maximum Gasteiger partial charge on any atom is 0.123 e. The highest BCUT2D eigenvalue weighted by Crippen LogP contribution is 2.06. The first-order valence-corrected chi connectivity index (χ1v) is 7.17. The number of nitrogens with one attached hydrogen (secondary N) is 1. The molecule has 1 aliphatic heterocycles. The zero-order valence-electron chi connectivity index (χ0n) is 12.1. The maximum absolute atomic E-state index is 12.8. The molecule has 1 fully saturated rings. The number of rotatable bonds is 6. The Labute approximate surface area is 120 Å². The molecule has 112 valence electrons. The van der Waals surface area contributed by atoms with Crippen LogP contribution in [0.3, 0.4) is 0 Å². The van der Waals surface area contributed by atoms with Crippen LogP contribution in [0.4, 0.5) is 4.39 Å². The Hall–Kier alpha value is -1.01. The number of benzene rings is 1. The summed E-state index contributed by atoms with van der Waals surface area (Å²) in [7, 11) is 1.98. The monoisotopic (exact) mass is 281 g/mol. The molecule has 20 heavy (non-hydrogen) atoms. The number of likely N-dealkylation sites (N-methyl/N-ethyl adjacent to an activating group) is 1. The van der Waals surface area contributed by atoms with E-state index >= 15 is 0 Å². The summed E-state index contributed by atoms with van der Waals surface area (Å²) < 4.78 is 12.8. The van der Waals surface area contributed by atoms with Gasteiger partial charge in [-0.15, -0.1) is 0 Å². The van der Waals surface area contributed by atoms with Crippen LogP contribution in [0.25, 0.3) is 0 Å². The SMILES string of the molecule is CN(Cc1ccc(F)cc1)CC(O)CN1CCNCC1. The van der Waals surface area contributed by atoms with Gasteiger partial charge in [-0.05, 0) is 24.7 Å². The molecule has 0 saturated carbocycles. The molecule has 1 aromatic carbocycles. The van der Waals surface area contributed by atoms with Gasteiger partial charge >= 0.3 is 0 Å². The molecule has 1 unspecified atom stereocenters. The summed E-state index contributed by atoms with van der Waals surface area (Å²) in [5, 5.41) is 13.4. The van der Waals surface area contributed by atoms with Gasteiger partial charge in [0, 0.05) is 45.8 Å². The van der Waals surface area contributed by atoms with E-state index in [0.717, 1.165) is 44.8 Å². The number of piperazine rings is 1. The predicted octanol–water partition coefficient (Wildman–Crippen LogP) is 0.524. The van der Waals surface area contributed by atoms with E-state index < -0.39 is 0 Å². The van der Waals surface area contributed by atoms with Crippen molar-refractivity contribution in [3.63, 3.8) is 0 Å². The number of hydrogen-bond acceptors (Lipinski definition) is 4. The fourth-order valence-electron chi connectivity index (χ4n) is 2.58. The number of hydrogen-bond donors (Lipinski definition) is 2. The van der Waals surface area contributed by atoms with E-state index in [2.05, 4.69) is 15.1 Å². The van der Waals surface area contributed by atoms with E-state index in [4.69, 9.17) is 0 Å². The van der Waals surface area contributed by atoms with Crippen LogP contribution in [-0.4, -0.2) is 67.3 Å². The summed E-state index contributed by atoms with van der Waals surface area (Å²) in [6.07, 6.45) is -0.349. The van der Waals surface area contributed by atoms with Crippen molar-refractivity contribution in [3.05, 3.63) is 35.6 Å². The summed E-state index contributed by atoms with van der Waals surface area (Å²) >= 11 is 0. The van der Waals surface area contributed by atoms with Gasteiger partial charge in [-0.2, -0.15) is 0 Å². The zero-order valence-corrected chi connectivity index (χ0v) is 12.1. The van der Waals surface area contributed by atoms with Crippen molar-refractivity contribution in [3.8, 4) is 0 Å². The molecular formula is C15H24FN3O. The zero-order chi connectivity index (χ0) is 14.4. The van der Waals surface area contributed by atoms with E-state index in [9.17, 15) is 9.50 Å². The number of β-amino-alcohol motifs (C(OH)–C–C–N with tert-alkyl or cyclic N) is 1. The summed E-state index contributed by atoms with van der Waals surface area (Å²) in [5.74, 6) is -0.213. The number of nitrogens with zero attached hydrogens (tertiary/aromatic N) is 2. The van der Waals surface area contributed by atoms with Crippen LogP contribution >= 0.6 is 0 Å². The molecule has 0 amide bonds. The van der Waals surface area contributed by atoms with Crippen molar-refractivity contribution in [1.82, 2.24) is 15.1 Å². The van der Waals surface area contributed by atoms with Crippen molar-refractivity contribution >= 4 is 0 Å². The summed E-state index contributed by atoms with van der Waals surface area (Å²) in [4.78, 5) is 4.35. The van der Waals surface area contributed by atoms with Crippen molar-refractivity contribution in [2.75, 3.05) is 46.3 Å². The third-order valence-corrected chi connectivity index (χ3v) is 3.57. The highest BCUT2D eigenvalue weighted by Gasteiger charge is 2.15. The highest BCUT2D eigenvalue weighted by molar-refractivity contribution is 5.15. The molecular weight excluding hydrogens is 257 g/mol. The molecule has 0 spiro atoms. The second-order valence-electron chi connectivity index (χ2n) is 5.53. The highest BCUT2D eigenvalue weighted by atomic mass is 19.1. The molecule has 0 aliphatic carbocycles. The smallest absolute Gasteiger partial charge is 0.123 e. The maximum atomic E-state index is 12.8. The van der Waals surface area contributed by atoms with E-state index in [-0.39, 0.29) is 11.9 Å². The van der Waals surface area contributed by atoms with Gasteiger partial charge in [0.25, 0.3) is 0 Å².